The van der Waals surface area contributed by atoms with Gasteiger partial charge in [-0.2, -0.15) is 12.6 Å². The minimum absolute atomic E-state index is 0. The van der Waals surface area contributed by atoms with Crippen LogP contribution in [-0.4, -0.2) is 159 Å². The zero-order valence-corrected chi connectivity index (χ0v) is 45.3. The van der Waals surface area contributed by atoms with Gasteiger partial charge in [0.15, 0.2) is 37.0 Å². The van der Waals surface area contributed by atoms with Crippen molar-refractivity contribution >= 4 is 175 Å². The fraction of sp³-hybridized carbons (Fsp3) is 0.538. The first kappa shape index (κ1) is 83.8. The SMILES string of the molecule is C=C(Cl)C(=O)O.CC1(C(=O)O)CSC(N)=N1.COC(=O)C(C)(Cl)CCl.COC(=O)C(Cl)CCl.NC(N)=S.NC(N)=S.NC1=NC(C(=O)O)CS1.N[C@@H](CS)C(=O)O.[Na+].[Na+].[OH-].[OH-]. The Balaban J connectivity index is -0.0000000614. The van der Waals surface area contributed by atoms with Crippen molar-refractivity contribution in [3.63, 3.8) is 0 Å². The maximum atomic E-state index is 10.6. The van der Waals surface area contributed by atoms with Crippen LogP contribution >= 0.6 is 119 Å². The third-order valence-electron chi connectivity index (χ3n) is 4.48. The van der Waals surface area contributed by atoms with Crippen LogP contribution in [0.4, 0.5) is 0 Å². The molecule has 2 aliphatic heterocycles. The normalized spacial score (nSPS) is 16.2. The summed E-state index contributed by atoms with van der Waals surface area (Å²) >= 11 is 40.6. The molecule has 0 bridgehead atoms. The number of aliphatic carboxylic acids is 4. The van der Waals surface area contributed by atoms with Gasteiger partial charge in [-0.25, -0.2) is 24.4 Å². The van der Waals surface area contributed by atoms with Crippen LogP contribution in [0.5, 0.6) is 0 Å². The number of nitrogens with two attached hydrogens (primary N) is 7. The second kappa shape index (κ2) is 48.7. The molecule has 0 radical (unpaired) electrons. The first-order valence-electron chi connectivity index (χ1n) is 14.1. The van der Waals surface area contributed by atoms with Gasteiger partial charge in [0.1, 0.15) is 16.5 Å². The van der Waals surface area contributed by atoms with Gasteiger partial charge in [-0.1, -0.05) is 41.7 Å². The number of carboxylic acid groups (broad SMARTS) is 4. The number of alkyl halides is 4. The van der Waals surface area contributed by atoms with Crippen molar-refractivity contribution in [3.8, 4) is 0 Å². The smallest absolute Gasteiger partial charge is 0.870 e. The molecule has 4 unspecified atom stereocenters. The zero-order chi connectivity index (χ0) is 46.9. The molecule has 61 heavy (non-hydrogen) atoms. The van der Waals surface area contributed by atoms with Gasteiger partial charge in [0, 0.05) is 23.1 Å². The molecule has 2 heterocycles. The minimum atomic E-state index is -1.17. The molecule has 348 valence electrons. The number of nitrogens with zero attached hydrogens (tertiary/aromatic N) is 2. The molecule has 5 atom stereocenters. The third kappa shape index (κ3) is 57.2. The van der Waals surface area contributed by atoms with Crippen LogP contribution in [0, 0.1) is 0 Å². The first-order chi connectivity index (χ1) is 25.8. The number of halogens is 5. The van der Waals surface area contributed by atoms with Gasteiger partial charge in [-0.05, 0) is 38.3 Å². The zero-order valence-electron chi connectivity index (χ0n) is 33.3. The monoisotopic (exact) mass is 1090 g/mol. The fourth-order valence-corrected chi connectivity index (χ4v) is 3.88. The molecule has 0 spiro atoms. The predicted molar refractivity (Wildman–Crippen MR) is 243 cm³/mol. The molecule has 2 rings (SSSR count). The van der Waals surface area contributed by atoms with E-state index >= 15 is 0 Å². The fourth-order valence-electron chi connectivity index (χ4n) is 1.69. The van der Waals surface area contributed by atoms with Crippen LogP contribution in [0.25, 0.3) is 0 Å². The average molecular weight is 1090 g/mol. The second-order valence-electron chi connectivity index (χ2n) is 9.56. The maximum absolute atomic E-state index is 10.6. The van der Waals surface area contributed by atoms with Gasteiger partial charge in [0.2, 0.25) is 0 Å². The third-order valence-corrected chi connectivity index (χ3v) is 8.77. The van der Waals surface area contributed by atoms with Gasteiger partial charge in [0.25, 0.3) is 0 Å². The van der Waals surface area contributed by atoms with E-state index in [0.717, 1.165) is 0 Å². The number of rotatable bonds is 9. The Morgan fingerprint density at radius 2 is 1.36 bits per heavy atom. The molecule has 0 aromatic heterocycles. The van der Waals surface area contributed by atoms with E-state index in [1.165, 1.54) is 44.7 Å². The molecule has 0 aromatic rings. The molecular formula is C26H48Cl5N9Na2O14S5. The van der Waals surface area contributed by atoms with E-state index in [4.69, 9.17) is 95.6 Å². The number of esters is 2. The van der Waals surface area contributed by atoms with Crippen molar-refractivity contribution in [1.29, 1.82) is 0 Å². The van der Waals surface area contributed by atoms with E-state index in [0.29, 0.717) is 21.8 Å². The Hall–Kier alpha value is -0.740. The number of carboxylic acids is 4. The van der Waals surface area contributed by atoms with Crippen LogP contribution in [0.3, 0.4) is 0 Å². The Morgan fingerprint density at radius 3 is 1.46 bits per heavy atom. The summed E-state index contributed by atoms with van der Waals surface area (Å²) in [6.45, 7) is 5.99. The predicted octanol–water partition coefficient (Wildman–Crippen LogP) is -6.02. The summed E-state index contributed by atoms with van der Waals surface area (Å²) in [6.07, 6.45) is 0. The number of methoxy groups -OCH3 is 2. The van der Waals surface area contributed by atoms with Crippen LogP contribution < -0.4 is 99.3 Å². The molecule has 0 amide bonds. The maximum Gasteiger partial charge on any atom is 1.00 e. The molecule has 35 heteroatoms. The summed E-state index contributed by atoms with van der Waals surface area (Å²) in [5.74, 6) is -3.73. The van der Waals surface area contributed by atoms with Crippen molar-refractivity contribution < 1.29 is 129 Å². The van der Waals surface area contributed by atoms with Crippen LogP contribution in [0.15, 0.2) is 21.6 Å². The number of aliphatic imine (C=N–C) groups is 2. The van der Waals surface area contributed by atoms with Crippen molar-refractivity contribution in [1.82, 2.24) is 0 Å². The molecule has 0 saturated carbocycles. The number of thiol groups is 1. The number of hydrogen-bond acceptors (Lipinski definition) is 20. The standard InChI is InChI=1S/C5H8Cl2O2.C5H8N2O2S.C4H6Cl2O2.C4H6N2O2S.C3H3ClO2.C3H7NO2S.2CH4N2S.2Na.2H2O/c1-5(7,3-6)4(8)9-2;1-5(3(8)9)2-10-4(6)7-5;1-8-4(7)3(6)2-5;5-4-6-2(1-9-4)3(7)8;1-2(4)3(5)6;4-2(1-7)3(5)6;2*2-1(3)4;;;;/h3H2,1-2H3;2H2,1H3,(H2,6,7)(H,8,9);3H,2H2,1H3;2H,1H2,(H2,5,6)(H,7,8);1H2,(H,5,6);2,7H,1,4H2,(H,5,6);2*(H4,2,3,4);;;2*1H2/q;;;;;;;;2*+1;;/p-2/t;;;;;2-;;;;;;/m.....0....../s1. The molecule has 20 N–H and O–H groups in total. The summed E-state index contributed by atoms with van der Waals surface area (Å²) in [7, 11) is 2.54. The van der Waals surface area contributed by atoms with E-state index in [2.05, 4.69) is 86.0 Å². The van der Waals surface area contributed by atoms with Crippen molar-refractivity contribution in [2.75, 3.05) is 43.2 Å². The number of carbonyl (C=O) groups is 6. The van der Waals surface area contributed by atoms with Crippen molar-refractivity contribution in [3.05, 3.63) is 11.6 Å². The first-order valence-corrected chi connectivity index (χ1v) is 19.8. The van der Waals surface area contributed by atoms with E-state index in [9.17, 15) is 28.8 Å². The Labute approximate surface area is 445 Å². The van der Waals surface area contributed by atoms with E-state index in [1.807, 2.05) is 0 Å². The second-order valence-corrected chi connectivity index (χ2v) is 15.3. The summed E-state index contributed by atoms with van der Waals surface area (Å²) in [4.78, 5) is 67.2. The molecular weight excluding hydrogens is 1050 g/mol. The Morgan fingerprint density at radius 1 is 0.967 bits per heavy atom. The number of carbonyl (C=O) groups excluding carboxylic acids is 2. The van der Waals surface area contributed by atoms with E-state index < -0.39 is 63.7 Å². The van der Waals surface area contributed by atoms with Gasteiger partial charge < -0.3 is 81.0 Å². The molecule has 2 aliphatic rings. The number of hydrogen-bond donors (Lipinski definition) is 12. The number of ether oxygens (including phenoxy) is 2. The quantitative estimate of drug-likeness (QED) is 0.0255. The molecule has 23 nitrogen and oxygen atoms in total. The topological polar surface area (TPSA) is 469 Å². The minimum Gasteiger partial charge on any atom is -0.870 e. The van der Waals surface area contributed by atoms with Gasteiger partial charge in [-0.3, -0.25) is 14.4 Å². The molecule has 0 aromatic carbocycles. The van der Waals surface area contributed by atoms with Crippen molar-refractivity contribution in [2.45, 2.75) is 41.7 Å². The Bertz CT molecular complexity index is 1380. The van der Waals surface area contributed by atoms with Crippen LogP contribution in [0.2, 0.25) is 0 Å². The van der Waals surface area contributed by atoms with E-state index in [1.54, 1.807) is 6.92 Å². The average Bonchev–Trinajstić information content (AvgIpc) is 3.72. The number of thiocarbonyl (C=S) groups is 2. The Kier molecular flexibility index (Phi) is 66.9. The summed E-state index contributed by atoms with van der Waals surface area (Å²) < 4.78 is 8.60. The summed E-state index contributed by atoms with van der Waals surface area (Å²) in [6, 6.07) is -1.43. The molecule has 0 fully saturated rings. The van der Waals surface area contributed by atoms with Gasteiger partial charge in [0.05, 0.1) is 20.1 Å². The summed E-state index contributed by atoms with van der Waals surface area (Å²) in [5.41, 5.74) is 32.9. The number of thioether (sulfide) groups is 2. The number of amidine groups is 2. The van der Waals surface area contributed by atoms with Crippen LogP contribution in [0.1, 0.15) is 13.8 Å². The molecule has 0 aliphatic carbocycles. The van der Waals surface area contributed by atoms with Crippen molar-refractivity contribution in [2.24, 2.45) is 50.1 Å². The summed E-state index contributed by atoms with van der Waals surface area (Å²) in [5, 5.41) is 32.4. The van der Waals surface area contributed by atoms with E-state index in [-0.39, 0.29) is 103 Å². The van der Waals surface area contributed by atoms with Gasteiger partial charge in [-0.15, -0.1) is 46.4 Å². The van der Waals surface area contributed by atoms with Gasteiger partial charge >= 0.3 is 94.9 Å². The van der Waals surface area contributed by atoms with Crippen LogP contribution in [-0.2, 0) is 38.2 Å². The molecule has 0 saturated heterocycles. The largest absolute Gasteiger partial charge is 1.00 e.